The Morgan fingerprint density at radius 1 is 1.00 bits per heavy atom. The van der Waals surface area contributed by atoms with Crippen LogP contribution in [0.1, 0.15) is 60.3 Å². The summed E-state index contributed by atoms with van der Waals surface area (Å²) in [4.78, 5) is 29.6. The number of aromatic amines is 1. The molecule has 0 spiro atoms. The highest BCUT2D eigenvalue weighted by atomic mass is 16.2. The highest BCUT2D eigenvalue weighted by molar-refractivity contribution is 5.93. The maximum absolute atomic E-state index is 12.8. The summed E-state index contributed by atoms with van der Waals surface area (Å²) >= 11 is 0. The number of amides is 2. The second-order valence-electron chi connectivity index (χ2n) is 6.35. The van der Waals surface area contributed by atoms with Gasteiger partial charge < -0.3 is 15.2 Å². The molecule has 1 aromatic rings. The zero-order valence-electron chi connectivity index (χ0n) is 13.1. The molecule has 3 rings (SSSR count). The summed E-state index contributed by atoms with van der Waals surface area (Å²) in [6, 6.07) is 2.02. The van der Waals surface area contributed by atoms with Gasteiger partial charge in [0.05, 0.1) is 0 Å². The maximum atomic E-state index is 12.8. The molecule has 0 aromatic carbocycles. The maximum Gasteiger partial charge on any atom is 0.270 e. The normalized spacial score (nSPS) is 20.2. The summed E-state index contributed by atoms with van der Waals surface area (Å²) in [5, 5.41) is 2.91. The van der Waals surface area contributed by atoms with Crippen molar-refractivity contribution >= 4 is 11.8 Å². The van der Waals surface area contributed by atoms with Crippen LogP contribution in [0.4, 0.5) is 0 Å². The molecule has 120 valence electrons. The van der Waals surface area contributed by atoms with E-state index in [1.165, 1.54) is 24.1 Å². The number of hydrogen-bond donors (Lipinski definition) is 2. The summed E-state index contributed by atoms with van der Waals surface area (Å²) in [5.74, 6) is 0.0910. The minimum atomic E-state index is 0.0442. The molecule has 1 aliphatic carbocycles. The molecule has 2 aliphatic rings. The van der Waals surface area contributed by atoms with Crippen LogP contribution in [0.15, 0.2) is 6.07 Å². The Labute approximate surface area is 131 Å². The molecule has 2 amide bonds. The van der Waals surface area contributed by atoms with E-state index in [1.807, 2.05) is 11.0 Å². The Balaban J connectivity index is 1.70. The summed E-state index contributed by atoms with van der Waals surface area (Å²) in [5.41, 5.74) is 3.23. The number of nitrogens with zero attached hydrogens (tertiary/aromatic N) is 1. The van der Waals surface area contributed by atoms with E-state index in [4.69, 9.17) is 0 Å². The molecule has 1 aromatic heterocycles. The fourth-order valence-electron chi connectivity index (χ4n) is 3.36. The molecule has 22 heavy (non-hydrogen) atoms. The number of H-pyrrole nitrogens is 1. The van der Waals surface area contributed by atoms with Gasteiger partial charge in [0.15, 0.2) is 0 Å². The van der Waals surface area contributed by atoms with Crippen molar-refractivity contribution in [3.05, 3.63) is 23.0 Å². The molecule has 1 aliphatic heterocycles. The fourth-order valence-corrected chi connectivity index (χ4v) is 3.36. The molecule has 0 saturated carbocycles. The number of nitrogens with one attached hydrogen (secondary N) is 2. The Kier molecular flexibility index (Phi) is 4.80. The predicted octanol–water partition coefficient (Wildman–Crippen LogP) is 2.03. The minimum Gasteiger partial charge on any atom is -0.356 e. The third-order valence-electron chi connectivity index (χ3n) is 4.67. The van der Waals surface area contributed by atoms with E-state index >= 15 is 0 Å². The number of aromatic nitrogens is 1. The first kappa shape index (κ1) is 15.1. The van der Waals surface area contributed by atoms with Crippen LogP contribution in [-0.4, -0.2) is 41.3 Å². The molecular formula is C17H25N3O2. The van der Waals surface area contributed by atoms with Gasteiger partial charge in [0, 0.05) is 31.7 Å². The van der Waals surface area contributed by atoms with Crippen molar-refractivity contribution in [1.82, 2.24) is 15.2 Å². The van der Waals surface area contributed by atoms with Gasteiger partial charge in [-0.25, -0.2) is 0 Å². The number of rotatable bonds is 1. The lowest BCUT2D eigenvalue weighted by molar-refractivity contribution is -0.121. The third-order valence-corrected chi connectivity index (χ3v) is 4.67. The van der Waals surface area contributed by atoms with Crippen molar-refractivity contribution in [2.75, 3.05) is 19.6 Å². The van der Waals surface area contributed by atoms with E-state index in [9.17, 15) is 9.59 Å². The van der Waals surface area contributed by atoms with Gasteiger partial charge in [-0.15, -0.1) is 0 Å². The first-order valence-electron chi connectivity index (χ1n) is 8.51. The average Bonchev–Trinajstić information content (AvgIpc) is 2.97. The largest absolute Gasteiger partial charge is 0.356 e. The second kappa shape index (κ2) is 6.99. The van der Waals surface area contributed by atoms with Crippen LogP contribution < -0.4 is 5.32 Å². The standard InChI is InChI=1S/C17H25N3O2/c21-16-8-11-20(10-5-1-4-9-18-16)17(22)15-12-13-6-2-3-7-14(13)19-15/h12,19H,1-11H2,(H,18,21). The lowest BCUT2D eigenvalue weighted by Crippen LogP contribution is -2.37. The van der Waals surface area contributed by atoms with E-state index in [0.717, 1.165) is 45.2 Å². The molecule has 2 N–H and O–H groups in total. The summed E-state index contributed by atoms with van der Waals surface area (Å²) in [7, 11) is 0. The lowest BCUT2D eigenvalue weighted by atomic mass is 9.98. The van der Waals surface area contributed by atoms with Crippen molar-refractivity contribution in [2.45, 2.75) is 51.4 Å². The topological polar surface area (TPSA) is 65.2 Å². The first-order valence-corrected chi connectivity index (χ1v) is 8.51. The van der Waals surface area contributed by atoms with Crippen molar-refractivity contribution in [3.8, 4) is 0 Å². The molecule has 2 heterocycles. The SMILES string of the molecule is O=C1CCN(C(=O)c2cc3c([nH]2)CCCC3)CCCCCN1. The van der Waals surface area contributed by atoms with Gasteiger partial charge in [-0.3, -0.25) is 9.59 Å². The molecule has 0 radical (unpaired) electrons. The Morgan fingerprint density at radius 2 is 1.86 bits per heavy atom. The first-order chi connectivity index (χ1) is 10.7. The fraction of sp³-hybridized carbons (Fsp3) is 0.647. The number of carbonyl (C=O) groups is 2. The summed E-state index contributed by atoms with van der Waals surface area (Å²) in [6.45, 7) is 2.01. The highest BCUT2D eigenvalue weighted by Crippen LogP contribution is 2.22. The minimum absolute atomic E-state index is 0.0442. The number of fused-ring (bicyclic) bond motifs is 1. The zero-order valence-corrected chi connectivity index (χ0v) is 13.1. The van der Waals surface area contributed by atoms with Gasteiger partial charge in [0.25, 0.3) is 5.91 Å². The number of carbonyl (C=O) groups excluding carboxylic acids is 2. The van der Waals surface area contributed by atoms with Crippen LogP contribution in [0.2, 0.25) is 0 Å². The number of hydrogen-bond acceptors (Lipinski definition) is 2. The molecule has 0 unspecified atom stereocenters. The molecule has 1 fully saturated rings. The smallest absolute Gasteiger partial charge is 0.270 e. The van der Waals surface area contributed by atoms with E-state index in [1.54, 1.807) is 0 Å². The van der Waals surface area contributed by atoms with Crippen LogP contribution in [0.5, 0.6) is 0 Å². The molecule has 0 atom stereocenters. The summed E-state index contributed by atoms with van der Waals surface area (Å²) < 4.78 is 0. The Hall–Kier alpha value is -1.78. The van der Waals surface area contributed by atoms with E-state index < -0.39 is 0 Å². The molecular weight excluding hydrogens is 278 g/mol. The van der Waals surface area contributed by atoms with Crippen molar-refractivity contribution in [2.24, 2.45) is 0 Å². The van der Waals surface area contributed by atoms with Gasteiger partial charge in [0.1, 0.15) is 5.69 Å². The van der Waals surface area contributed by atoms with Crippen molar-refractivity contribution in [1.29, 1.82) is 0 Å². The van der Waals surface area contributed by atoms with Crippen LogP contribution in [0, 0.1) is 0 Å². The second-order valence-corrected chi connectivity index (χ2v) is 6.35. The van der Waals surface area contributed by atoms with Crippen LogP contribution in [0.3, 0.4) is 0 Å². The molecule has 5 nitrogen and oxygen atoms in total. The van der Waals surface area contributed by atoms with E-state index in [-0.39, 0.29) is 11.8 Å². The van der Waals surface area contributed by atoms with E-state index in [0.29, 0.717) is 18.7 Å². The molecule has 1 saturated heterocycles. The van der Waals surface area contributed by atoms with Crippen LogP contribution in [-0.2, 0) is 17.6 Å². The quantitative estimate of drug-likeness (QED) is 0.833. The van der Waals surface area contributed by atoms with Gasteiger partial charge in [-0.1, -0.05) is 0 Å². The predicted molar refractivity (Wildman–Crippen MR) is 84.8 cm³/mol. The van der Waals surface area contributed by atoms with Gasteiger partial charge >= 0.3 is 0 Å². The monoisotopic (exact) mass is 303 g/mol. The van der Waals surface area contributed by atoms with E-state index in [2.05, 4.69) is 10.3 Å². The third kappa shape index (κ3) is 3.51. The average molecular weight is 303 g/mol. The molecule has 5 heteroatoms. The zero-order chi connectivity index (χ0) is 15.4. The Bertz CT molecular complexity index is 527. The Morgan fingerprint density at radius 3 is 2.73 bits per heavy atom. The van der Waals surface area contributed by atoms with Crippen LogP contribution in [0.25, 0.3) is 0 Å². The van der Waals surface area contributed by atoms with Crippen molar-refractivity contribution in [3.63, 3.8) is 0 Å². The molecule has 0 bridgehead atoms. The van der Waals surface area contributed by atoms with Crippen LogP contribution >= 0.6 is 0 Å². The van der Waals surface area contributed by atoms with Gasteiger partial charge in [-0.05, 0) is 56.6 Å². The summed E-state index contributed by atoms with van der Waals surface area (Å²) in [6.07, 6.45) is 7.96. The lowest BCUT2D eigenvalue weighted by Gasteiger charge is -2.23. The van der Waals surface area contributed by atoms with Gasteiger partial charge in [0.2, 0.25) is 5.91 Å². The van der Waals surface area contributed by atoms with Gasteiger partial charge in [-0.2, -0.15) is 0 Å². The number of aryl methyl sites for hydroxylation is 2. The van der Waals surface area contributed by atoms with Crippen molar-refractivity contribution < 1.29 is 9.59 Å². The highest BCUT2D eigenvalue weighted by Gasteiger charge is 2.21.